The minimum absolute atomic E-state index is 0.228. The number of furan rings is 2. The lowest BCUT2D eigenvalue weighted by Crippen LogP contribution is -2.17. The van der Waals surface area contributed by atoms with Gasteiger partial charge in [-0.15, -0.1) is 0 Å². The lowest BCUT2D eigenvalue weighted by atomic mass is 9.98. The van der Waals surface area contributed by atoms with Crippen LogP contribution in [0.4, 0.5) is 0 Å². The predicted molar refractivity (Wildman–Crippen MR) is 327 cm³/mol. The summed E-state index contributed by atoms with van der Waals surface area (Å²) in [5.41, 5.74) is 17.8. The summed E-state index contributed by atoms with van der Waals surface area (Å²) >= 11 is 0. The highest BCUT2D eigenvalue weighted by Gasteiger charge is 2.35. The number of aromatic nitrogens is 4. The van der Waals surface area contributed by atoms with E-state index in [2.05, 4.69) is 216 Å². The predicted octanol–water partition coefficient (Wildman–Crippen LogP) is 18.9. The Kier molecular flexibility index (Phi) is 8.81. The van der Waals surface area contributed by atoms with Gasteiger partial charge in [0.25, 0.3) is 0 Å². The number of hydrogen-bond acceptors (Lipinski definition) is 4. The molecular weight excluding hydrogens is 981 g/mol. The van der Waals surface area contributed by atoms with Crippen molar-refractivity contribution in [2.45, 2.75) is 27.7 Å². The van der Waals surface area contributed by atoms with Gasteiger partial charge < -0.3 is 27.1 Å². The summed E-state index contributed by atoms with van der Waals surface area (Å²) in [6.07, 6.45) is 0. The van der Waals surface area contributed by atoms with Crippen molar-refractivity contribution in [2.24, 2.45) is 0 Å². The zero-order valence-electron chi connectivity index (χ0n) is 44.0. The van der Waals surface area contributed by atoms with Crippen molar-refractivity contribution in [1.29, 1.82) is 10.5 Å². The molecule has 6 aromatic heterocycles. The Balaban J connectivity index is 1.19. The lowest BCUT2D eigenvalue weighted by Gasteiger charge is -2.27. The van der Waals surface area contributed by atoms with E-state index in [0.717, 1.165) is 165 Å². The minimum atomic E-state index is 0.228. The van der Waals surface area contributed by atoms with Gasteiger partial charge in [0.15, 0.2) is 0 Å². The van der Waals surface area contributed by atoms with Crippen LogP contribution in [-0.4, -0.2) is 18.3 Å². The molecule has 0 amide bonds. The van der Waals surface area contributed by atoms with Crippen molar-refractivity contribution < 1.29 is 8.83 Å². The summed E-state index contributed by atoms with van der Waals surface area (Å²) in [4.78, 5) is 0. The van der Waals surface area contributed by atoms with Crippen LogP contribution in [-0.2, 0) is 0 Å². The molecule has 0 atom stereocenters. The topological polar surface area (TPSA) is 93.6 Å². The smallest absolute Gasteiger partial charge is 0.137 e. The molecule has 374 valence electrons. The number of aryl methyl sites for hydroxylation is 4. The van der Waals surface area contributed by atoms with Crippen molar-refractivity contribution in [3.8, 4) is 34.9 Å². The number of fused-ring (bicyclic) bond motifs is 18. The number of nitrogens with zero attached hydrogens (tertiary/aromatic N) is 6. The van der Waals surface area contributed by atoms with Crippen LogP contribution >= 0.6 is 0 Å². The number of benzene rings is 11. The zero-order valence-corrected chi connectivity index (χ0v) is 44.0. The van der Waals surface area contributed by atoms with Gasteiger partial charge in [0.05, 0.1) is 78.0 Å². The van der Waals surface area contributed by atoms with Gasteiger partial charge in [-0.2, -0.15) is 10.5 Å². The fourth-order valence-corrected chi connectivity index (χ4v) is 13.6. The number of rotatable bonds is 4. The molecule has 0 N–H and O–H groups in total. The standard InChI is InChI=1S/C72H44N6O2/c1-39-21-25-59-47(29-39)48-30-40(2)22-26-60(48)75(59)71-69(77-57-17-9-5-13-43(57)51-33-53-45-15-7-11-19-65(45)79-67(53)35-63(51)77)55(37-73)56(38-74)70(72(71)76-61-27-23-41(3)31-49(61)50-32-42(4)24-28-62(50)76)78-58-18-10-6-14-44(58)52-34-54-46-16-8-12-20-66(46)80-68(54)36-64(52)78/h5-36H,1-4H3. The van der Waals surface area contributed by atoms with Crippen LogP contribution in [0.25, 0.3) is 154 Å². The third-order valence-electron chi connectivity index (χ3n) is 17.0. The molecule has 0 radical (unpaired) electrons. The molecule has 11 aromatic carbocycles. The molecule has 80 heavy (non-hydrogen) atoms. The Morgan fingerprint density at radius 2 is 0.562 bits per heavy atom. The SMILES string of the molecule is Cc1ccc2c(c1)c1cc(C)ccc1n2-c1c(-n2c3ccccc3c3cc4c(cc32)oc2ccccc24)c(C#N)c(C#N)c(-n2c3ccccc3c3cc4c(cc32)oc2ccccc24)c1-n1c2ccc(C)cc2c2cc(C)ccc21. The zero-order chi connectivity index (χ0) is 53.4. The van der Waals surface area contributed by atoms with E-state index in [1.54, 1.807) is 0 Å². The number of hydrogen-bond donors (Lipinski definition) is 0. The first kappa shape index (κ1) is 44.3. The average Bonchev–Trinajstić information content (AvgIpc) is 4.23. The van der Waals surface area contributed by atoms with Crippen LogP contribution in [0.2, 0.25) is 0 Å². The van der Waals surface area contributed by atoms with E-state index in [9.17, 15) is 10.5 Å². The normalized spacial score (nSPS) is 12.2. The lowest BCUT2D eigenvalue weighted by molar-refractivity contribution is 0.669. The first-order chi connectivity index (χ1) is 39.2. The second kappa shape index (κ2) is 15.9. The molecule has 8 nitrogen and oxygen atoms in total. The summed E-state index contributed by atoms with van der Waals surface area (Å²) in [5.74, 6) is 0. The van der Waals surface area contributed by atoms with E-state index in [1.807, 2.05) is 36.4 Å². The highest BCUT2D eigenvalue weighted by molar-refractivity contribution is 6.21. The maximum Gasteiger partial charge on any atom is 0.137 e. The Morgan fingerprint density at radius 1 is 0.263 bits per heavy atom. The van der Waals surface area contributed by atoms with Gasteiger partial charge in [0, 0.05) is 76.8 Å². The van der Waals surface area contributed by atoms with Gasteiger partial charge in [-0.05, 0) is 113 Å². The second-order valence-corrected chi connectivity index (χ2v) is 21.8. The van der Waals surface area contributed by atoms with Crippen molar-refractivity contribution in [2.75, 3.05) is 0 Å². The van der Waals surface area contributed by atoms with Crippen LogP contribution in [0.1, 0.15) is 33.4 Å². The monoisotopic (exact) mass is 1020 g/mol. The van der Waals surface area contributed by atoms with E-state index >= 15 is 0 Å². The summed E-state index contributed by atoms with van der Waals surface area (Å²) in [6.45, 7) is 8.57. The number of nitriles is 2. The van der Waals surface area contributed by atoms with Crippen molar-refractivity contribution in [3.05, 3.63) is 228 Å². The van der Waals surface area contributed by atoms with Crippen LogP contribution in [0.5, 0.6) is 0 Å². The molecule has 0 aliphatic carbocycles. The Labute approximate surface area is 456 Å². The Morgan fingerprint density at radius 3 is 0.925 bits per heavy atom. The van der Waals surface area contributed by atoms with Gasteiger partial charge in [0.1, 0.15) is 34.5 Å². The van der Waals surface area contributed by atoms with E-state index < -0.39 is 0 Å². The first-order valence-corrected chi connectivity index (χ1v) is 27.0. The summed E-state index contributed by atoms with van der Waals surface area (Å²) in [5, 5.41) is 37.3. The minimum Gasteiger partial charge on any atom is -0.456 e. The molecule has 6 heterocycles. The highest BCUT2D eigenvalue weighted by Crippen LogP contribution is 2.51. The molecule has 0 saturated carbocycles. The largest absolute Gasteiger partial charge is 0.456 e. The van der Waals surface area contributed by atoms with E-state index in [4.69, 9.17) is 8.83 Å². The summed E-state index contributed by atoms with van der Waals surface area (Å²) in [6, 6.07) is 74.2. The summed E-state index contributed by atoms with van der Waals surface area (Å²) < 4.78 is 22.7. The van der Waals surface area contributed by atoms with Crippen LogP contribution < -0.4 is 0 Å². The van der Waals surface area contributed by atoms with E-state index in [1.165, 1.54) is 0 Å². The first-order valence-electron chi connectivity index (χ1n) is 27.0. The summed E-state index contributed by atoms with van der Waals surface area (Å²) in [7, 11) is 0. The maximum atomic E-state index is 12.5. The van der Waals surface area contributed by atoms with Gasteiger partial charge in [-0.1, -0.05) is 119 Å². The third-order valence-corrected chi connectivity index (χ3v) is 17.0. The van der Waals surface area contributed by atoms with Gasteiger partial charge in [0.2, 0.25) is 0 Å². The molecular formula is C72H44N6O2. The molecule has 0 spiro atoms. The Bertz CT molecular complexity index is 5280. The van der Waals surface area contributed by atoms with Crippen LogP contribution in [0.15, 0.2) is 203 Å². The van der Waals surface area contributed by atoms with Crippen molar-refractivity contribution >= 4 is 131 Å². The van der Waals surface area contributed by atoms with Gasteiger partial charge >= 0.3 is 0 Å². The van der Waals surface area contributed by atoms with Gasteiger partial charge in [-0.3, -0.25) is 0 Å². The molecule has 17 aromatic rings. The third kappa shape index (κ3) is 5.81. The molecule has 8 heteroatoms. The highest BCUT2D eigenvalue weighted by atomic mass is 16.3. The average molecular weight is 1030 g/mol. The molecule has 0 unspecified atom stereocenters. The van der Waals surface area contributed by atoms with Crippen LogP contribution in [0, 0.1) is 50.4 Å². The molecule has 0 bridgehead atoms. The maximum absolute atomic E-state index is 12.5. The van der Waals surface area contributed by atoms with E-state index in [-0.39, 0.29) is 11.1 Å². The quantitative estimate of drug-likeness (QED) is 0.175. The van der Waals surface area contributed by atoms with Crippen molar-refractivity contribution in [1.82, 2.24) is 18.3 Å². The molecule has 17 rings (SSSR count). The number of para-hydroxylation sites is 4. The fourth-order valence-electron chi connectivity index (χ4n) is 13.6. The molecule has 0 fully saturated rings. The van der Waals surface area contributed by atoms with Crippen LogP contribution in [0.3, 0.4) is 0 Å². The van der Waals surface area contributed by atoms with E-state index in [0.29, 0.717) is 11.4 Å². The Hall–Kier alpha value is -10.8. The molecule has 0 aliphatic rings. The fraction of sp³-hybridized carbons (Fsp3) is 0.0556. The molecule has 0 saturated heterocycles. The van der Waals surface area contributed by atoms with Gasteiger partial charge in [-0.25, -0.2) is 0 Å². The second-order valence-electron chi connectivity index (χ2n) is 21.8. The molecule has 0 aliphatic heterocycles. The van der Waals surface area contributed by atoms with Crippen molar-refractivity contribution in [3.63, 3.8) is 0 Å².